The number of carbonyl (C=O) groups excluding carboxylic acids is 2. The van der Waals surface area contributed by atoms with Gasteiger partial charge in [-0.1, -0.05) is 19.9 Å². The standard InChI is InChI=1S/C24H28FN3O3/c1-4-24(5-2)14-19(18-12-16(25)8-10-21(18)31-24)27-23(30)26-17-9-6-15-7-11-22(29)28(3)20(15)13-17/h6,8-10,12-13,19H,4-5,7,11,14H2,1-3H3,(H2,26,27,30)/t19-/m1/s1. The molecule has 2 aromatic carbocycles. The number of nitrogens with one attached hydrogen (secondary N) is 2. The van der Waals surface area contributed by atoms with Crippen molar-refractivity contribution in [3.8, 4) is 5.75 Å². The number of aryl methyl sites for hydroxylation is 1. The third-order valence-corrected chi connectivity index (χ3v) is 6.53. The predicted molar refractivity (Wildman–Crippen MR) is 118 cm³/mol. The van der Waals surface area contributed by atoms with Gasteiger partial charge in [0.05, 0.1) is 6.04 Å². The largest absolute Gasteiger partial charge is 0.487 e. The SMILES string of the molecule is CCC1(CC)C[C@@H](NC(=O)Nc2ccc3c(c2)N(C)C(=O)CC3)c2cc(F)ccc2O1. The van der Waals surface area contributed by atoms with Gasteiger partial charge in [-0.15, -0.1) is 0 Å². The maximum absolute atomic E-state index is 13.9. The van der Waals surface area contributed by atoms with E-state index < -0.39 is 5.60 Å². The van der Waals surface area contributed by atoms with Crippen molar-refractivity contribution < 1.29 is 18.7 Å². The molecule has 0 saturated carbocycles. The molecule has 31 heavy (non-hydrogen) atoms. The molecule has 0 bridgehead atoms. The van der Waals surface area contributed by atoms with Gasteiger partial charge in [0.2, 0.25) is 5.91 Å². The van der Waals surface area contributed by atoms with Crippen LogP contribution in [0.2, 0.25) is 0 Å². The fraction of sp³-hybridized carbons (Fsp3) is 0.417. The van der Waals surface area contributed by atoms with Gasteiger partial charge in [-0.2, -0.15) is 0 Å². The number of hydrogen-bond acceptors (Lipinski definition) is 3. The van der Waals surface area contributed by atoms with E-state index in [-0.39, 0.29) is 23.8 Å². The summed E-state index contributed by atoms with van der Waals surface area (Å²) in [5.41, 5.74) is 2.73. The minimum Gasteiger partial charge on any atom is -0.487 e. The Balaban J connectivity index is 1.54. The molecule has 0 aromatic heterocycles. The van der Waals surface area contributed by atoms with Gasteiger partial charge >= 0.3 is 6.03 Å². The summed E-state index contributed by atoms with van der Waals surface area (Å²) in [6.45, 7) is 4.11. The van der Waals surface area contributed by atoms with E-state index in [1.165, 1.54) is 12.1 Å². The maximum atomic E-state index is 13.9. The van der Waals surface area contributed by atoms with Gasteiger partial charge in [0, 0.05) is 36.8 Å². The van der Waals surface area contributed by atoms with Crippen LogP contribution in [0.4, 0.5) is 20.6 Å². The number of ether oxygens (including phenoxy) is 1. The molecular weight excluding hydrogens is 397 g/mol. The van der Waals surface area contributed by atoms with Crippen LogP contribution in [0.5, 0.6) is 5.75 Å². The molecule has 2 heterocycles. The van der Waals surface area contributed by atoms with E-state index in [0.29, 0.717) is 36.3 Å². The van der Waals surface area contributed by atoms with Crippen LogP contribution < -0.4 is 20.3 Å². The normalized spacial score (nSPS) is 19.2. The molecule has 0 aliphatic carbocycles. The Morgan fingerprint density at radius 1 is 1.19 bits per heavy atom. The van der Waals surface area contributed by atoms with Gasteiger partial charge in [0.25, 0.3) is 0 Å². The highest BCUT2D eigenvalue weighted by molar-refractivity contribution is 5.97. The third-order valence-electron chi connectivity index (χ3n) is 6.53. The highest BCUT2D eigenvalue weighted by Gasteiger charge is 2.39. The summed E-state index contributed by atoms with van der Waals surface area (Å²) in [6, 6.07) is 9.26. The van der Waals surface area contributed by atoms with Crippen LogP contribution in [0, 0.1) is 5.82 Å². The summed E-state index contributed by atoms with van der Waals surface area (Å²) >= 11 is 0. The number of rotatable bonds is 4. The lowest BCUT2D eigenvalue weighted by molar-refractivity contribution is -0.118. The lowest BCUT2D eigenvalue weighted by Gasteiger charge is -2.41. The van der Waals surface area contributed by atoms with Crippen molar-refractivity contribution >= 4 is 23.3 Å². The van der Waals surface area contributed by atoms with Crippen LogP contribution in [-0.2, 0) is 11.2 Å². The molecule has 0 fully saturated rings. The van der Waals surface area contributed by atoms with E-state index in [0.717, 1.165) is 24.1 Å². The second-order valence-electron chi connectivity index (χ2n) is 8.33. The van der Waals surface area contributed by atoms with Crippen molar-refractivity contribution in [3.63, 3.8) is 0 Å². The minimum absolute atomic E-state index is 0.0606. The molecule has 3 amide bonds. The molecule has 2 N–H and O–H groups in total. The number of hydrogen-bond donors (Lipinski definition) is 2. The summed E-state index contributed by atoms with van der Waals surface area (Å²) in [7, 11) is 1.74. The zero-order chi connectivity index (χ0) is 22.2. The van der Waals surface area contributed by atoms with Gasteiger partial charge in [-0.05, 0) is 55.2 Å². The smallest absolute Gasteiger partial charge is 0.319 e. The summed E-state index contributed by atoms with van der Waals surface area (Å²) in [5, 5.41) is 5.86. The molecule has 164 valence electrons. The minimum atomic E-state index is -0.405. The van der Waals surface area contributed by atoms with Crippen LogP contribution in [-0.4, -0.2) is 24.6 Å². The van der Waals surface area contributed by atoms with Crippen LogP contribution in [0.1, 0.15) is 56.7 Å². The van der Waals surface area contributed by atoms with Crippen molar-refractivity contribution in [2.75, 3.05) is 17.3 Å². The average molecular weight is 426 g/mol. The van der Waals surface area contributed by atoms with Crippen molar-refractivity contribution in [1.82, 2.24) is 5.32 Å². The Kier molecular flexibility index (Phi) is 5.60. The van der Waals surface area contributed by atoms with E-state index in [1.807, 2.05) is 18.2 Å². The Morgan fingerprint density at radius 2 is 1.97 bits per heavy atom. The average Bonchev–Trinajstić information content (AvgIpc) is 2.76. The fourth-order valence-corrected chi connectivity index (χ4v) is 4.49. The molecule has 0 spiro atoms. The summed E-state index contributed by atoms with van der Waals surface area (Å²) in [6.07, 6.45) is 3.32. The molecule has 0 radical (unpaired) electrons. The van der Waals surface area contributed by atoms with Gasteiger partial charge < -0.3 is 20.3 Å². The maximum Gasteiger partial charge on any atom is 0.319 e. The first-order valence-corrected chi connectivity index (χ1v) is 10.8. The molecule has 1 atom stereocenters. The second-order valence-corrected chi connectivity index (χ2v) is 8.33. The molecule has 2 aliphatic heterocycles. The van der Waals surface area contributed by atoms with Crippen LogP contribution in [0.15, 0.2) is 36.4 Å². The molecule has 2 aliphatic rings. The Bertz CT molecular complexity index is 1020. The highest BCUT2D eigenvalue weighted by atomic mass is 19.1. The first kappa shape index (κ1) is 21.2. The molecule has 0 saturated heterocycles. The zero-order valence-corrected chi connectivity index (χ0v) is 18.1. The van der Waals surface area contributed by atoms with Gasteiger partial charge in [0.1, 0.15) is 17.2 Å². The number of urea groups is 1. The molecule has 2 aromatic rings. The molecule has 6 nitrogen and oxygen atoms in total. The number of carbonyl (C=O) groups is 2. The van der Waals surface area contributed by atoms with E-state index in [4.69, 9.17) is 4.74 Å². The van der Waals surface area contributed by atoms with E-state index in [1.54, 1.807) is 18.0 Å². The number of benzene rings is 2. The number of amides is 3. The molecule has 4 rings (SSSR count). The van der Waals surface area contributed by atoms with Crippen LogP contribution in [0.3, 0.4) is 0 Å². The van der Waals surface area contributed by atoms with Crippen molar-refractivity contribution in [2.24, 2.45) is 0 Å². The Morgan fingerprint density at radius 3 is 2.71 bits per heavy atom. The topological polar surface area (TPSA) is 70.7 Å². The predicted octanol–water partition coefficient (Wildman–Crippen LogP) is 4.94. The van der Waals surface area contributed by atoms with Gasteiger partial charge in [-0.3, -0.25) is 4.79 Å². The lowest BCUT2D eigenvalue weighted by atomic mass is 9.83. The van der Waals surface area contributed by atoms with E-state index in [2.05, 4.69) is 24.5 Å². The summed E-state index contributed by atoms with van der Waals surface area (Å²) in [4.78, 5) is 26.5. The molecule has 7 heteroatoms. The number of nitrogens with zero attached hydrogens (tertiary/aromatic N) is 1. The zero-order valence-electron chi connectivity index (χ0n) is 18.1. The highest BCUT2D eigenvalue weighted by Crippen LogP contribution is 2.43. The molecular formula is C24H28FN3O3. The van der Waals surface area contributed by atoms with E-state index in [9.17, 15) is 14.0 Å². The quantitative estimate of drug-likeness (QED) is 0.729. The van der Waals surface area contributed by atoms with E-state index >= 15 is 0 Å². The Labute approximate surface area is 181 Å². The number of halogens is 1. The first-order chi connectivity index (χ1) is 14.8. The van der Waals surface area contributed by atoms with Crippen LogP contribution in [0.25, 0.3) is 0 Å². The number of fused-ring (bicyclic) bond motifs is 2. The first-order valence-electron chi connectivity index (χ1n) is 10.8. The van der Waals surface area contributed by atoms with Crippen molar-refractivity contribution in [3.05, 3.63) is 53.3 Å². The van der Waals surface area contributed by atoms with Crippen LogP contribution >= 0.6 is 0 Å². The van der Waals surface area contributed by atoms with Gasteiger partial charge in [-0.25, -0.2) is 9.18 Å². The number of anilines is 2. The molecule has 0 unspecified atom stereocenters. The summed E-state index contributed by atoms with van der Waals surface area (Å²) in [5.74, 6) is 0.304. The van der Waals surface area contributed by atoms with Gasteiger partial charge in [0.15, 0.2) is 0 Å². The van der Waals surface area contributed by atoms with Crippen molar-refractivity contribution in [2.45, 2.75) is 57.6 Å². The summed E-state index contributed by atoms with van der Waals surface area (Å²) < 4.78 is 20.1. The third kappa shape index (κ3) is 4.09. The lowest BCUT2D eigenvalue weighted by Crippen LogP contribution is -2.45. The fourth-order valence-electron chi connectivity index (χ4n) is 4.49. The monoisotopic (exact) mass is 425 g/mol. The van der Waals surface area contributed by atoms with Crippen molar-refractivity contribution in [1.29, 1.82) is 0 Å². The second kappa shape index (κ2) is 8.21. The Hall–Kier alpha value is -3.09.